The molecule has 1 heterocycles. The molecule has 0 amide bonds. The summed E-state index contributed by atoms with van der Waals surface area (Å²) in [6, 6.07) is 0. The van der Waals surface area contributed by atoms with Crippen molar-refractivity contribution in [1.82, 2.24) is 9.97 Å². The Morgan fingerprint density at radius 2 is 2.55 bits per heavy atom. The monoisotopic (exact) mass is 156 g/mol. The van der Waals surface area contributed by atoms with Gasteiger partial charge in [-0.05, 0) is 0 Å². The van der Waals surface area contributed by atoms with Crippen LogP contribution in [0.2, 0.25) is 0 Å². The number of nitrogens with one attached hydrogen (secondary N) is 1. The molecule has 0 saturated carbocycles. The van der Waals surface area contributed by atoms with Gasteiger partial charge in [-0.1, -0.05) is 0 Å². The van der Waals surface area contributed by atoms with Gasteiger partial charge in [0.2, 0.25) is 0 Å². The molecule has 0 spiro atoms. The van der Waals surface area contributed by atoms with Gasteiger partial charge in [-0.3, -0.25) is 0 Å². The van der Waals surface area contributed by atoms with E-state index in [-0.39, 0.29) is 0 Å². The van der Waals surface area contributed by atoms with Gasteiger partial charge in [-0.2, -0.15) is 0 Å². The van der Waals surface area contributed by atoms with Gasteiger partial charge < -0.3 is 14.5 Å². The van der Waals surface area contributed by atoms with E-state index in [9.17, 15) is 0 Å². The largest absolute Gasteiger partial charge is 0.359 e. The van der Waals surface area contributed by atoms with Crippen molar-refractivity contribution in [3.63, 3.8) is 0 Å². The number of rotatable bonds is 5. The topological polar surface area (TPSA) is 47.1 Å². The zero-order valence-corrected chi connectivity index (χ0v) is 6.54. The third-order valence-corrected chi connectivity index (χ3v) is 1.24. The van der Waals surface area contributed by atoms with Crippen molar-refractivity contribution in [2.75, 3.05) is 20.5 Å². The molecule has 62 valence electrons. The van der Waals surface area contributed by atoms with E-state index >= 15 is 0 Å². The summed E-state index contributed by atoms with van der Waals surface area (Å²) in [6.07, 6.45) is 4.33. The first-order valence-corrected chi connectivity index (χ1v) is 3.48. The second-order valence-electron chi connectivity index (χ2n) is 2.10. The first-order chi connectivity index (χ1) is 5.43. The van der Waals surface area contributed by atoms with Gasteiger partial charge in [0.05, 0.1) is 6.61 Å². The van der Waals surface area contributed by atoms with Gasteiger partial charge in [0.25, 0.3) is 0 Å². The highest BCUT2D eigenvalue weighted by Gasteiger charge is 1.92. The Morgan fingerprint density at radius 1 is 1.64 bits per heavy atom. The highest BCUT2D eigenvalue weighted by Crippen LogP contribution is 1.90. The standard InChI is InChI=1S/C7H12N2O2/c1-10-6-11-5-2-7-8-3-4-9-7/h3-4H,2,5-6H2,1H3,(H,8,9). The maximum Gasteiger partial charge on any atom is 0.146 e. The summed E-state index contributed by atoms with van der Waals surface area (Å²) in [5.41, 5.74) is 0. The van der Waals surface area contributed by atoms with Crippen LogP contribution in [-0.4, -0.2) is 30.5 Å². The SMILES string of the molecule is COCOCCc1ncc[nH]1. The molecular formula is C7H12N2O2. The van der Waals surface area contributed by atoms with Crippen LogP contribution in [-0.2, 0) is 15.9 Å². The van der Waals surface area contributed by atoms with E-state index in [1.807, 2.05) is 0 Å². The van der Waals surface area contributed by atoms with Crippen molar-refractivity contribution in [2.45, 2.75) is 6.42 Å². The first-order valence-electron chi connectivity index (χ1n) is 3.48. The van der Waals surface area contributed by atoms with Crippen LogP contribution in [0.15, 0.2) is 12.4 Å². The molecule has 0 bridgehead atoms. The number of aromatic amines is 1. The zero-order chi connectivity index (χ0) is 7.94. The minimum absolute atomic E-state index is 0.348. The third-order valence-electron chi connectivity index (χ3n) is 1.24. The first kappa shape index (κ1) is 8.23. The smallest absolute Gasteiger partial charge is 0.146 e. The van der Waals surface area contributed by atoms with Crippen molar-refractivity contribution in [1.29, 1.82) is 0 Å². The minimum atomic E-state index is 0.348. The molecule has 0 fully saturated rings. The van der Waals surface area contributed by atoms with E-state index in [2.05, 4.69) is 9.97 Å². The van der Waals surface area contributed by atoms with Crippen LogP contribution in [0, 0.1) is 0 Å². The van der Waals surface area contributed by atoms with Crippen LogP contribution in [0.4, 0.5) is 0 Å². The zero-order valence-electron chi connectivity index (χ0n) is 6.54. The highest BCUT2D eigenvalue weighted by molar-refractivity contribution is 4.86. The Kier molecular flexibility index (Phi) is 3.64. The maximum absolute atomic E-state index is 5.07. The number of H-pyrrole nitrogens is 1. The summed E-state index contributed by atoms with van der Waals surface area (Å²) in [5, 5.41) is 0. The second-order valence-corrected chi connectivity index (χ2v) is 2.10. The fourth-order valence-electron chi connectivity index (χ4n) is 0.746. The fourth-order valence-corrected chi connectivity index (χ4v) is 0.746. The number of ether oxygens (including phenoxy) is 2. The number of methoxy groups -OCH3 is 1. The third kappa shape index (κ3) is 3.15. The molecule has 0 aliphatic carbocycles. The van der Waals surface area contributed by atoms with E-state index in [1.54, 1.807) is 19.5 Å². The summed E-state index contributed by atoms with van der Waals surface area (Å²) >= 11 is 0. The predicted molar refractivity (Wildman–Crippen MR) is 40.1 cm³/mol. The normalized spacial score (nSPS) is 10.3. The molecule has 0 aliphatic heterocycles. The molecule has 4 nitrogen and oxygen atoms in total. The Balaban J connectivity index is 2.04. The van der Waals surface area contributed by atoms with Crippen molar-refractivity contribution >= 4 is 0 Å². The van der Waals surface area contributed by atoms with Crippen LogP contribution in [0.25, 0.3) is 0 Å². The summed E-state index contributed by atoms with van der Waals surface area (Å²) < 4.78 is 9.78. The molecule has 4 heteroatoms. The Hall–Kier alpha value is -0.870. The molecule has 1 N–H and O–H groups in total. The Labute approximate surface area is 65.5 Å². The average Bonchev–Trinajstić information content (AvgIpc) is 2.50. The Morgan fingerprint density at radius 3 is 3.18 bits per heavy atom. The fraction of sp³-hybridized carbons (Fsp3) is 0.571. The average molecular weight is 156 g/mol. The van der Waals surface area contributed by atoms with Crippen molar-refractivity contribution in [2.24, 2.45) is 0 Å². The highest BCUT2D eigenvalue weighted by atomic mass is 16.7. The lowest BCUT2D eigenvalue weighted by Gasteiger charge is -1.99. The predicted octanol–water partition coefficient (Wildman–Crippen LogP) is 0.573. The van der Waals surface area contributed by atoms with Crippen molar-refractivity contribution in [3.05, 3.63) is 18.2 Å². The molecule has 1 aromatic rings. The van der Waals surface area contributed by atoms with E-state index in [1.165, 1.54) is 0 Å². The molecule has 0 radical (unpaired) electrons. The maximum atomic E-state index is 5.07. The number of nitrogens with zero attached hydrogens (tertiary/aromatic N) is 1. The summed E-state index contributed by atoms with van der Waals surface area (Å²) in [7, 11) is 1.60. The van der Waals surface area contributed by atoms with E-state index < -0.39 is 0 Å². The van der Waals surface area contributed by atoms with E-state index in [0.717, 1.165) is 12.2 Å². The number of imidazole rings is 1. The van der Waals surface area contributed by atoms with Gasteiger partial charge in [-0.15, -0.1) is 0 Å². The van der Waals surface area contributed by atoms with E-state index in [4.69, 9.17) is 9.47 Å². The van der Waals surface area contributed by atoms with Crippen LogP contribution >= 0.6 is 0 Å². The van der Waals surface area contributed by atoms with Gasteiger partial charge in [-0.25, -0.2) is 4.98 Å². The Bertz CT molecular complexity index is 175. The van der Waals surface area contributed by atoms with Crippen LogP contribution in [0.5, 0.6) is 0 Å². The van der Waals surface area contributed by atoms with Gasteiger partial charge in [0, 0.05) is 25.9 Å². The molecule has 0 unspecified atom stereocenters. The molecular weight excluding hydrogens is 144 g/mol. The molecule has 1 rings (SSSR count). The summed E-state index contributed by atoms with van der Waals surface area (Å²) in [4.78, 5) is 7.02. The number of hydrogen-bond donors (Lipinski definition) is 1. The molecule has 0 saturated heterocycles. The van der Waals surface area contributed by atoms with Crippen LogP contribution < -0.4 is 0 Å². The summed E-state index contributed by atoms with van der Waals surface area (Å²) in [6.45, 7) is 0.988. The molecule has 11 heavy (non-hydrogen) atoms. The lowest BCUT2D eigenvalue weighted by atomic mass is 10.4. The second kappa shape index (κ2) is 4.87. The van der Waals surface area contributed by atoms with Gasteiger partial charge in [0.1, 0.15) is 12.6 Å². The molecule has 0 aromatic carbocycles. The number of hydrogen-bond acceptors (Lipinski definition) is 3. The van der Waals surface area contributed by atoms with Crippen molar-refractivity contribution < 1.29 is 9.47 Å². The van der Waals surface area contributed by atoms with Crippen molar-refractivity contribution in [3.8, 4) is 0 Å². The molecule has 0 aliphatic rings. The van der Waals surface area contributed by atoms with E-state index in [0.29, 0.717) is 13.4 Å². The van der Waals surface area contributed by atoms with Crippen LogP contribution in [0.1, 0.15) is 5.82 Å². The van der Waals surface area contributed by atoms with Gasteiger partial charge in [0.15, 0.2) is 0 Å². The molecule has 0 atom stereocenters. The minimum Gasteiger partial charge on any atom is -0.359 e. The summed E-state index contributed by atoms with van der Waals surface area (Å²) in [5.74, 6) is 0.945. The molecule has 1 aromatic heterocycles. The number of aromatic nitrogens is 2. The lowest BCUT2D eigenvalue weighted by molar-refractivity contribution is -0.0295. The van der Waals surface area contributed by atoms with Crippen LogP contribution in [0.3, 0.4) is 0 Å². The lowest BCUT2D eigenvalue weighted by Crippen LogP contribution is -2.02. The quantitative estimate of drug-likeness (QED) is 0.501. The van der Waals surface area contributed by atoms with Gasteiger partial charge >= 0.3 is 0 Å².